The van der Waals surface area contributed by atoms with E-state index in [2.05, 4.69) is 4.99 Å². The fourth-order valence-corrected chi connectivity index (χ4v) is 3.32. The molecule has 0 N–H and O–H groups in total. The third-order valence-corrected chi connectivity index (χ3v) is 4.49. The summed E-state index contributed by atoms with van der Waals surface area (Å²) in [7, 11) is 0. The molecule has 0 amide bonds. The summed E-state index contributed by atoms with van der Waals surface area (Å²) in [5.74, 6) is -2.83. The van der Waals surface area contributed by atoms with E-state index in [1.54, 1.807) is 26.8 Å². The number of nitro benzene ring substituents is 1. The van der Waals surface area contributed by atoms with E-state index in [9.17, 15) is 19.7 Å². The van der Waals surface area contributed by atoms with E-state index >= 15 is 0 Å². The van der Waals surface area contributed by atoms with E-state index in [1.807, 2.05) is 0 Å². The van der Waals surface area contributed by atoms with Gasteiger partial charge in [0.2, 0.25) is 0 Å². The van der Waals surface area contributed by atoms with Gasteiger partial charge in [0.05, 0.1) is 23.0 Å². The van der Waals surface area contributed by atoms with Crippen molar-refractivity contribution in [1.82, 2.24) is 0 Å². The Bertz CT molecular complexity index is 849. The normalized spacial score (nSPS) is 19.1. The molecule has 1 aromatic rings. The van der Waals surface area contributed by atoms with Crippen molar-refractivity contribution in [3.8, 4) is 0 Å². The van der Waals surface area contributed by atoms with Crippen LogP contribution in [-0.2, 0) is 19.1 Å². The van der Waals surface area contributed by atoms with Gasteiger partial charge in [0.1, 0.15) is 12.5 Å². The van der Waals surface area contributed by atoms with Crippen molar-refractivity contribution in [2.24, 2.45) is 10.9 Å². The predicted molar refractivity (Wildman–Crippen MR) is 103 cm³/mol. The van der Waals surface area contributed by atoms with Gasteiger partial charge in [-0.1, -0.05) is 12.1 Å². The molecule has 2 rings (SSSR count). The van der Waals surface area contributed by atoms with Crippen LogP contribution in [-0.4, -0.2) is 41.7 Å². The summed E-state index contributed by atoms with van der Waals surface area (Å²) in [6.07, 6.45) is 0. The zero-order chi connectivity index (χ0) is 20.8. The monoisotopic (exact) mass is 408 g/mol. The molecule has 0 spiro atoms. The highest BCUT2D eigenvalue weighted by Crippen LogP contribution is 2.40. The first-order valence-electron chi connectivity index (χ1n) is 8.71. The number of esters is 2. The summed E-state index contributed by atoms with van der Waals surface area (Å²) in [5, 5.41) is 11.2. The van der Waals surface area contributed by atoms with Gasteiger partial charge in [-0.25, -0.2) is 4.79 Å². The van der Waals surface area contributed by atoms with Crippen LogP contribution >= 0.6 is 11.6 Å². The molecule has 28 heavy (non-hydrogen) atoms. The zero-order valence-corrected chi connectivity index (χ0v) is 16.6. The molecule has 2 atom stereocenters. The lowest BCUT2D eigenvalue weighted by Gasteiger charge is -2.31. The van der Waals surface area contributed by atoms with Crippen molar-refractivity contribution in [2.45, 2.75) is 26.7 Å². The summed E-state index contributed by atoms with van der Waals surface area (Å²) in [5.41, 5.74) is 1.29. The molecule has 0 saturated heterocycles. The van der Waals surface area contributed by atoms with Crippen LogP contribution < -0.4 is 0 Å². The number of allylic oxidation sites excluding steroid dienone is 1. The molecular formula is C19H21ClN2O6. The molecule has 0 saturated carbocycles. The minimum atomic E-state index is -0.899. The Hall–Kier alpha value is -2.74. The number of hydrogen-bond donors (Lipinski definition) is 0. The Morgan fingerprint density at radius 3 is 2.61 bits per heavy atom. The van der Waals surface area contributed by atoms with Crippen molar-refractivity contribution in [2.75, 3.05) is 19.1 Å². The van der Waals surface area contributed by atoms with E-state index < -0.39 is 28.7 Å². The molecule has 2 unspecified atom stereocenters. The lowest BCUT2D eigenvalue weighted by atomic mass is 9.75. The number of halogens is 1. The van der Waals surface area contributed by atoms with Crippen molar-refractivity contribution in [3.05, 3.63) is 51.2 Å². The topological polar surface area (TPSA) is 108 Å². The van der Waals surface area contributed by atoms with Gasteiger partial charge in [0.25, 0.3) is 5.69 Å². The zero-order valence-electron chi connectivity index (χ0n) is 15.8. The number of carbonyl (C=O) groups is 2. The fraction of sp³-hybridized carbons (Fsp3) is 0.421. The number of carbonyl (C=O) groups excluding carboxylic acids is 2. The summed E-state index contributed by atoms with van der Waals surface area (Å²) in [6.45, 7) is 5.11. The van der Waals surface area contributed by atoms with Gasteiger partial charge in [0, 0.05) is 29.5 Å². The second-order valence-corrected chi connectivity index (χ2v) is 6.51. The summed E-state index contributed by atoms with van der Waals surface area (Å²) < 4.78 is 10.3. The van der Waals surface area contributed by atoms with Crippen molar-refractivity contribution >= 4 is 34.9 Å². The minimum Gasteiger partial charge on any atom is -0.465 e. The van der Waals surface area contributed by atoms with Gasteiger partial charge in [-0.15, -0.1) is 11.6 Å². The molecule has 0 fully saturated rings. The Balaban J connectivity index is 2.63. The quantitative estimate of drug-likeness (QED) is 0.296. The first kappa shape index (κ1) is 21.6. The predicted octanol–water partition coefficient (Wildman–Crippen LogP) is 3.39. The molecule has 0 radical (unpaired) electrons. The van der Waals surface area contributed by atoms with Crippen LogP contribution in [0.4, 0.5) is 5.69 Å². The number of hydrogen-bond acceptors (Lipinski definition) is 7. The van der Waals surface area contributed by atoms with Gasteiger partial charge in [-0.05, 0) is 26.3 Å². The standard InChI is InChI=1S/C19H21ClN2O6/c1-4-27-18(23)15-11(2)21-12(3)16(19(24)28-9-8-20)17(15)13-6-5-7-14(10-13)22(25)26/h5-7,10,15,17H,4,8-9H2,1-3H3. The van der Waals surface area contributed by atoms with E-state index in [4.69, 9.17) is 21.1 Å². The minimum absolute atomic E-state index is 0.00834. The Morgan fingerprint density at radius 2 is 2.00 bits per heavy atom. The number of non-ortho nitro benzene ring substituents is 1. The van der Waals surface area contributed by atoms with E-state index in [-0.39, 0.29) is 30.4 Å². The maximum atomic E-state index is 12.7. The summed E-state index contributed by atoms with van der Waals surface area (Å²) >= 11 is 5.60. The third kappa shape index (κ3) is 4.56. The first-order chi connectivity index (χ1) is 13.3. The molecule has 9 heteroatoms. The number of benzene rings is 1. The Labute approximate surface area is 167 Å². The van der Waals surface area contributed by atoms with Crippen LogP contribution in [0, 0.1) is 16.0 Å². The largest absolute Gasteiger partial charge is 0.465 e. The van der Waals surface area contributed by atoms with Gasteiger partial charge in [-0.3, -0.25) is 19.9 Å². The van der Waals surface area contributed by atoms with Crippen LogP contribution in [0.2, 0.25) is 0 Å². The van der Waals surface area contributed by atoms with Gasteiger partial charge < -0.3 is 9.47 Å². The summed E-state index contributed by atoms with van der Waals surface area (Å²) in [6, 6.07) is 5.82. The molecule has 1 heterocycles. The molecule has 1 aliphatic heterocycles. The van der Waals surface area contributed by atoms with Crippen LogP contribution in [0.25, 0.3) is 0 Å². The highest BCUT2D eigenvalue weighted by atomic mass is 35.5. The lowest BCUT2D eigenvalue weighted by Crippen LogP contribution is -2.36. The molecule has 1 aromatic carbocycles. The fourth-order valence-electron chi connectivity index (χ4n) is 3.24. The van der Waals surface area contributed by atoms with Crippen molar-refractivity contribution in [1.29, 1.82) is 0 Å². The molecule has 0 aromatic heterocycles. The third-order valence-electron chi connectivity index (χ3n) is 4.34. The van der Waals surface area contributed by atoms with E-state index in [0.717, 1.165) is 0 Å². The number of nitrogens with zero attached hydrogens (tertiary/aromatic N) is 2. The average molecular weight is 409 g/mol. The lowest BCUT2D eigenvalue weighted by molar-refractivity contribution is -0.384. The highest BCUT2D eigenvalue weighted by molar-refractivity contribution is 6.18. The number of alkyl halides is 1. The first-order valence-corrected chi connectivity index (χ1v) is 9.25. The molecule has 8 nitrogen and oxygen atoms in total. The molecule has 0 aliphatic carbocycles. The maximum absolute atomic E-state index is 12.7. The van der Waals surface area contributed by atoms with Crippen LogP contribution in [0.5, 0.6) is 0 Å². The number of nitro groups is 1. The molecular weight excluding hydrogens is 388 g/mol. The second kappa shape index (κ2) is 9.45. The average Bonchev–Trinajstić information content (AvgIpc) is 2.65. The summed E-state index contributed by atoms with van der Waals surface area (Å²) in [4.78, 5) is 40.4. The van der Waals surface area contributed by atoms with Gasteiger partial charge in [0.15, 0.2) is 0 Å². The molecule has 0 bridgehead atoms. The van der Waals surface area contributed by atoms with Gasteiger partial charge >= 0.3 is 11.9 Å². The SMILES string of the molecule is CCOC(=O)C1C(C)=NC(C)=C(C(=O)OCCCl)C1c1cccc([N+](=O)[O-])c1. The van der Waals surface area contributed by atoms with Crippen LogP contribution in [0.1, 0.15) is 32.3 Å². The Kier molecular flexibility index (Phi) is 7.28. The van der Waals surface area contributed by atoms with E-state index in [0.29, 0.717) is 17.0 Å². The number of aliphatic imine (C=N–C) groups is 1. The Morgan fingerprint density at radius 1 is 1.29 bits per heavy atom. The van der Waals surface area contributed by atoms with E-state index in [1.165, 1.54) is 18.2 Å². The van der Waals surface area contributed by atoms with Crippen molar-refractivity contribution < 1.29 is 24.0 Å². The van der Waals surface area contributed by atoms with Crippen molar-refractivity contribution in [3.63, 3.8) is 0 Å². The van der Waals surface area contributed by atoms with Crippen LogP contribution in [0.15, 0.2) is 40.5 Å². The van der Waals surface area contributed by atoms with Gasteiger partial charge in [-0.2, -0.15) is 0 Å². The molecule has 1 aliphatic rings. The maximum Gasteiger partial charge on any atom is 0.336 e. The smallest absolute Gasteiger partial charge is 0.336 e. The number of rotatable bonds is 7. The highest BCUT2D eigenvalue weighted by Gasteiger charge is 2.42. The second-order valence-electron chi connectivity index (χ2n) is 6.14. The number of ether oxygens (including phenoxy) is 2. The molecule has 150 valence electrons. The van der Waals surface area contributed by atoms with Crippen LogP contribution in [0.3, 0.4) is 0 Å².